The Morgan fingerprint density at radius 1 is 1.17 bits per heavy atom. The van der Waals surface area contributed by atoms with Gasteiger partial charge in [-0.1, -0.05) is 17.7 Å². The van der Waals surface area contributed by atoms with Crippen molar-refractivity contribution >= 4 is 41.2 Å². The number of anilines is 1. The highest BCUT2D eigenvalue weighted by Gasteiger charge is 2.37. The number of aryl methyl sites for hydroxylation is 2. The monoisotopic (exact) mass is 343 g/mol. The molecule has 0 saturated carbocycles. The van der Waals surface area contributed by atoms with Crippen LogP contribution in [-0.4, -0.2) is 22.4 Å². The number of amides is 4. The van der Waals surface area contributed by atoms with Crippen molar-refractivity contribution in [3.8, 4) is 0 Å². The quantitative estimate of drug-likeness (QED) is 0.673. The van der Waals surface area contributed by atoms with E-state index in [4.69, 9.17) is 11.6 Å². The lowest BCUT2D eigenvalue weighted by molar-refractivity contribution is -0.122. The maximum Gasteiger partial charge on any atom is 0.335 e. The van der Waals surface area contributed by atoms with Crippen LogP contribution in [0.5, 0.6) is 0 Å². The zero-order valence-corrected chi connectivity index (χ0v) is 13.8. The summed E-state index contributed by atoms with van der Waals surface area (Å²) >= 11 is 6.07. The molecule has 3 rings (SSSR count). The number of carbonyl (C=O) groups excluding carboxylic acids is 3. The molecule has 1 fully saturated rings. The lowest BCUT2D eigenvalue weighted by Crippen LogP contribution is -2.54. The molecule has 7 heteroatoms. The number of barbiturate groups is 1. The minimum absolute atomic E-state index is 0.118. The lowest BCUT2D eigenvalue weighted by Gasteiger charge is -2.26. The van der Waals surface area contributed by atoms with E-state index in [2.05, 4.69) is 5.32 Å². The van der Waals surface area contributed by atoms with E-state index >= 15 is 0 Å². The summed E-state index contributed by atoms with van der Waals surface area (Å²) in [5.74, 6) is -1.41. The number of benzene rings is 1. The van der Waals surface area contributed by atoms with Crippen LogP contribution in [0.3, 0.4) is 0 Å². The summed E-state index contributed by atoms with van der Waals surface area (Å²) in [6, 6.07) is 7.58. The van der Waals surface area contributed by atoms with Crippen LogP contribution >= 0.6 is 11.6 Å². The fraction of sp³-hybridized carbons (Fsp3) is 0.118. The first-order valence-corrected chi connectivity index (χ1v) is 7.55. The highest BCUT2D eigenvalue weighted by Crippen LogP contribution is 2.26. The number of nitrogens with zero attached hydrogens (tertiary/aromatic N) is 2. The fourth-order valence-corrected chi connectivity index (χ4v) is 2.56. The summed E-state index contributed by atoms with van der Waals surface area (Å²) in [6.07, 6.45) is 3.24. The maximum absolute atomic E-state index is 12.7. The second kappa shape index (κ2) is 5.98. The number of carbonyl (C=O) groups is 3. The van der Waals surface area contributed by atoms with Crippen LogP contribution in [0.15, 0.2) is 42.1 Å². The molecule has 0 atom stereocenters. The number of urea groups is 1. The molecule has 1 saturated heterocycles. The molecule has 24 heavy (non-hydrogen) atoms. The van der Waals surface area contributed by atoms with Gasteiger partial charge in [-0.15, -0.1) is 0 Å². The second-order valence-corrected chi connectivity index (χ2v) is 5.84. The summed E-state index contributed by atoms with van der Waals surface area (Å²) in [5, 5.41) is 2.61. The smallest absolute Gasteiger partial charge is 0.335 e. The first-order valence-electron chi connectivity index (χ1n) is 7.17. The van der Waals surface area contributed by atoms with E-state index in [0.29, 0.717) is 16.4 Å². The average Bonchev–Trinajstić information content (AvgIpc) is 2.92. The molecule has 1 aliphatic heterocycles. The Bertz CT molecular complexity index is 898. The van der Waals surface area contributed by atoms with Crippen molar-refractivity contribution in [1.29, 1.82) is 0 Å². The van der Waals surface area contributed by atoms with Crippen molar-refractivity contribution in [3.63, 3.8) is 0 Å². The third-order valence-corrected chi connectivity index (χ3v) is 4.20. The first-order chi connectivity index (χ1) is 11.4. The van der Waals surface area contributed by atoms with E-state index in [1.165, 1.54) is 12.1 Å². The molecule has 0 bridgehead atoms. The SMILES string of the molecule is Cc1ccc(N2C(=O)NC(=O)C(=Cc3cccn3C)C2=O)cc1Cl. The molecule has 1 aromatic carbocycles. The Kier molecular flexibility index (Phi) is 3.99. The third kappa shape index (κ3) is 2.72. The molecule has 2 aromatic rings. The number of hydrogen-bond donors (Lipinski definition) is 1. The zero-order valence-electron chi connectivity index (χ0n) is 13.0. The molecule has 0 unspecified atom stereocenters. The number of aromatic nitrogens is 1. The summed E-state index contributed by atoms with van der Waals surface area (Å²) in [5.41, 5.74) is 1.68. The standard InChI is InChI=1S/C17H14ClN3O3/c1-10-5-6-12(9-14(10)18)21-16(23)13(15(22)19-17(21)24)8-11-4-3-7-20(11)2/h3-9H,1-2H3,(H,19,22,24). The first kappa shape index (κ1) is 16.0. The minimum atomic E-state index is -0.797. The van der Waals surface area contributed by atoms with Crippen LogP contribution < -0.4 is 10.2 Å². The van der Waals surface area contributed by atoms with Crippen molar-refractivity contribution in [2.24, 2.45) is 7.05 Å². The predicted molar refractivity (Wildman–Crippen MR) is 90.6 cm³/mol. The molecule has 1 N–H and O–H groups in total. The van der Waals surface area contributed by atoms with Gasteiger partial charge in [0.15, 0.2) is 0 Å². The van der Waals surface area contributed by atoms with Crippen LogP contribution in [0, 0.1) is 6.92 Å². The van der Waals surface area contributed by atoms with Gasteiger partial charge in [0.05, 0.1) is 5.69 Å². The van der Waals surface area contributed by atoms with Crippen LogP contribution in [0.1, 0.15) is 11.3 Å². The van der Waals surface area contributed by atoms with Gasteiger partial charge < -0.3 is 4.57 Å². The molecular formula is C17H14ClN3O3. The van der Waals surface area contributed by atoms with Crippen molar-refractivity contribution in [2.45, 2.75) is 6.92 Å². The Morgan fingerprint density at radius 3 is 2.54 bits per heavy atom. The molecule has 0 spiro atoms. The number of nitrogens with one attached hydrogen (secondary N) is 1. The Balaban J connectivity index is 2.04. The topological polar surface area (TPSA) is 71.4 Å². The highest BCUT2D eigenvalue weighted by atomic mass is 35.5. The highest BCUT2D eigenvalue weighted by molar-refractivity contribution is 6.39. The zero-order chi connectivity index (χ0) is 17.4. The van der Waals surface area contributed by atoms with Crippen LogP contribution in [0.25, 0.3) is 6.08 Å². The van der Waals surface area contributed by atoms with Crippen molar-refractivity contribution in [2.75, 3.05) is 4.90 Å². The Labute approximate surface area is 143 Å². The van der Waals surface area contributed by atoms with Crippen molar-refractivity contribution in [3.05, 3.63) is 58.4 Å². The molecular weight excluding hydrogens is 330 g/mol. The molecule has 0 aliphatic carbocycles. The van der Waals surface area contributed by atoms with Gasteiger partial charge in [0.1, 0.15) is 5.57 Å². The number of hydrogen-bond acceptors (Lipinski definition) is 3. The number of imide groups is 2. The van der Waals surface area contributed by atoms with Gasteiger partial charge >= 0.3 is 6.03 Å². The molecule has 1 aliphatic rings. The minimum Gasteiger partial charge on any atom is -0.351 e. The second-order valence-electron chi connectivity index (χ2n) is 5.44. The lowest BCUT2D eigenvalue weighted by atomic mass is 10.1. The normalized spacial score (nSPS) is 16.7. The van der Waals surface area contributed by atoms with Gasteiger partial charge in [-0.25, -0.2) is 9.69 Å². The van der Waals surface area contributed by atoms with E-state index in [-0.39, 0.29) is 5.57 Å². The van der Waals surface area contributed by atoms with E-state index in [1.54, 1.807) is 42.1 Å². The van der Waals surface area contributed by atoms with Gasteiger partial charge in [0.25, 0.3) is 11.8 Å². The van der Waals surface area contributed by atoms with Gasteiger partial charge in [-0.2, -0.15) is 0 Å². The summed E-state index contributed by atoms with van der Waals surface area (Å²) < 4.78 is 1.76. The summed E-state index contributed by atoms with van der Waals surface area (Å²) in [7, 11) is 1.79. The van der Waals surface area contributed by atoms with Gasteiger partial charge in [-0.3, -0.25) is 14.9 Å². The van der Waals surface area contributed by atoms with Crippen molar-refractivity contribution < 1.29 is 14.4 Å². The third-order valence-electron chi connectivity index (χ3n) is 3.79. The van der Waals surface area contributed by atoms with E-state index < -0.39 is 17.8 Å². The molecule has 2 heterocycles. The predicted octanol–water partition coefficient (Wildman–Crippen LogP) is 2.65. The van der Waals surface area contributed by atoms with E-state index in [0.717, 1.165) is 10.5 Å². The fourth-order valence-electron chi connectivity index (χ4n) is 2.38. The Hall–Kier alpha value is -2.86. The summed E-state index contributed by atoms with van der Waals surface area (Å²) in [4.78, 5) is 37.8. The van der Waals surface area contributed by atoms with Crippen molar-refractivity contribution in [1.82, 2.24) is 9.88 Å². The van der Waals surface area contributed by atoms with Gasteiger partial charge in [0, 0.05) is 24.0 Å². The molecule has 6 nitrogen and oxygen atoms in total. The van der Waals surface area contributed by atoms with Gasteiger partial charge in [-0.05, 0) is 42.8 Å². The molecule has 122 valence electrons. The molecule has 0 radical (unpaired) electrons. The Morgan fingerprint density at radius 2 is 1.92 bits per heavy atom. The van der Waals surface area contributed by atoms with E-state index in [9.17, 15) is 14.4 Å². The molecule has 1 aromatic heterocycles. The molecule has 4 amide bonds. The van der Waals surface area contributed by atoms with Crippen LogP contribution in [0.2, 0.25) is 5.02 Å². The van der Waals surface area contributed by atoms with Gasteiger partial charge in [0.2, 0.25) is 0 Å². The largest absolute Gasteiger partial charge is 0.351 e. The van der Waals surface area contributed by atoms with Crippen LogP contribution in [0.4, 0.5) is 10.5 Å². The number of rotatable bonds is 2. The number of halogens is 1. The summed E-state index contributed by atoms with van der Waals surface area (Å²) in [6.45, 7) is 1.81. The van der Waals surface area contributed by atoms with E-state index in [1.807, 2.05) is 6.92 Å². The van der Waals surface area contributed by atoms with Crippen LogP contribution in [-0.2, 0) is 16.6 Å². The maximum atomic E-state index is 12.7. The average molecular weight is 344 g/mol.